The second-order valence-electron chi connectivity index (χ2n) is 1.60. The molecule has 0 amide bonds. The van der Waals surface area contributed by atoms with E-state index >= 15 is 0 Å². The maximum Gasteiger partial charge on any atom is -0.0623 e. The van der Waals surface area contributed by atoms with Crippen LogP contribution < -0.4 is 0 Å². The van der Waals surface area contributed by atoms with Gasteiger partial charge in [0, 0.05) is 0 Å². The molecule has 0 aliphatic carbocycles. The first-order valence-corrected chi connectivity index (χ1v) is 4.10. The maximum absolute atomic E-state index is 8.74. The van der Waals surface area contributed by atoms with Gasteiger partial charge in [0.2, 0.25) is 0 Å². The van der Waals surface area contributed by atoms with Crippen molar-refractivity contribution in [3.8, 4) is 0 Å². The molecule has 72 valence electrons. The van der Waals surface area contributed by atoms with Crippen LogP contribution in [-0.4, -0.2) is 47.1 Å². The summed E-state index contributed by atoms with van der Waals surface area (Å²) < 4.78 is 31.6. The van der Waals surface area contributed by atoms with Crippen LogP contribution in [0.1, 0.15) is 0 Å². The van der Waals surface area contributed by atoms with Gasteiger partial charge in [-0.15, -0.1) is 0 Å². The van der Waals surface area contributed by atoms with Crippen molar-refractivity contribution >= 4 is 53.5 Å². The summed E-state index contributed by atoms with van der Waals surface area (Å²) in [7, 11) is -4.67. The van der Waals surface area contributed by atoms with Crippen LogP contribution in [0.4, 0.5) is 0 Å². The summed E-state index contributed by atoms with van der Waals surface area (Å²) in [4.78, 5) is 0. The fraction of sp³-hybridized carbons (Fsp3) is 0. The van der Waals surface area contributed by atoms with Crippen molar-refractivity contribution in [2.24, 2.45) is 0 Å². The van der Waals surface area contributed by atoms with E-state index < -0.39 is 10.4 Å². The average molecular weight is 234 g/mol. The SMILES string of the molecule is O=S(=O)(O)O.S.[NaH].c1ccccc1. The van der Waals surface area contributed by atoms with Gasteiger partial charge in [-0.05, 0) is 0 Å². The molecule has 7 heteroatoms. The van der Waals surface area contributed by atoms with Crippen LogP contribution >= 0.6 is 13.5 Å². The smallest absolute Gasteiger partial charge is 0.0623 e. The summed E-state index contributed by atoms with van der Waals surface area (Å²) in [5.74, 6) is 0. The Hall–Kier alpha value is 0.440. The van der Waals surface area contributed by atoms with Crippen LogP contribution in [0.25, 0.3) is 0 Å². The van der Waals surface area contributed by atoms with E-state index in [1.165, 1.54) is 0 Å². The van der Waals surface area contributed by atoms with E-state index in [-0.39, 0.29) is 43.1 Å². The Morgan fingerprint density at radius 3 is 0.923 bits per heavy atom. The second-order valence-corrected chi connectivity index (χ2v) is 2.50. The van der Waals surface area contributed by atoms with Gasteiger partial charge in [0.25, 0.3) is 0 Å². The quantitative estimate of drug-likeness (QED) is 0.506. The van der Waals surface area contributed by atoms with E-state index in [1.807, 2.05) is 36.4 Å². The second kappa shape index (κ2) is 10.5. The monoisotopic (exact) mass is 234 g/mol. The minimum Gasteiger partial charge on any atom is -0.0623 e. The Bertz CT molecular complexity index is 239. The molecule has 0 saturated carbocycles. The molecule has 2 N–H and O–H groups in total. The Labute approximate surface area is 107 Å². The first-order chi connectivity index (χ1) is 5.00. The zero-order chi connectivity index (χ0) is 8.74. The van der Waals surface area contributed by atoms with Gasteiger partial charge in [0.05, 0.1) is 0 Å². The van der Waals surface area contributed by atoms with Gasteiger partial charge < -0.3 is 0 Å². The molecule has 0 radical (unpaired) electrons. The van der Waals surface area contributed by atoms with E-state index in [9.17, 15) is 0 Å². The van der Waals surface area contributed by atoms with Crippen LogP contribution in [0.15, 0.2) is 36.4 Å². The molecule has 13 heavy (non-hydrogen) atoms. The van der Waals surface area contributed by atoms with Crippen molar-refractivity contribution in [1.82, 2.24) is 0 Å². The van der Waals surface area contributed by atoms with Crippen molar-refractivity contribution in [3.05, 3.63) is 36.4 Å². The summed E-state index contributed by atoms with van der Waals surface area (Å²) in [5.41, 5.74) is 0. The van der Waals surface area contributed by atoms with E-state index in [2.05, 4.69) is 0 Å². The van der Waals surface area contributed by atoms with E-state index in [4.69, 9.17) is 17.5 Å². The number of hydrogen-bond acceptors (Lipinski definition) is 2. The van der Waals surface area contributed by atoms with Crippen LogP contribution in [0.5, 0.6) is 0 Å². The molecular weight excluding hydrogens is 223 g/mol. The maximum atomic E-state index is 8.74. The predicted octanol–water partition coefficient (Wildman–Crippen LogP) is 0.498. The first kappa shape index (κ1) is 19.1. The molecule has 0 saturated heterocycles. The predicted molar refractivity (Wildman–Crippen MR) is 58.1 cm³/mol. The normalized spacial score (nSPS) is 8.15. The summed E-state index contributed by atoms with van der Waals surface area (Å²) in [6.07, 6.45) is 0. The topological polar surface area (TPSA) is 74.6 Å². The van der Waals surface area contributed by atoms with Crippen molar-refractivity contribution in [1.29, 1.82) is 0 Å². The van der Waals surface area contributed by atoms with Gasteiger partial charge in [-0.25, -0.2) is 0 Å². The third-order valence-electron chi connectivity index (χ3n) is 0.667. The standard InChI is InChI=1S/C6H6.Na.H2O4S.H2S.H/c1-2-4-6-5-3-1;;1-5(2,3)4;;/h1-6H;;(H2,1,2,3,4);1H2;. The third-order valence-corrected chi connectivity index (χ3v) is 0.667. The molecule has 0 fully saturated rings. The zero-order valence-corrected chi connectivity index (χ0v) is 7.90. The van der Waals surface area contributed by atoms with E-state index in [0.717, 1.165) is 0 Å². The van der Waals surface area contributed by atoms with Gasteiger partial charge in [-0.1, -0.05) is 36.4 Å². The molecule has 0 unspecified atom stereocenters. The molecule has 0 aromatic heterocycles. The Morgan fingerprint density at radius 1 is 0.769 bits per heavy atom. The van der Waals surface area contributed by atoms with E-state index in [1.54, 1.807) is 0 Å². The average Bonchev–Trinajstić information content (AvgIpc) is 1.88. The fourth-order valence-electron chi connectivity index (χ4n) is 0.385. The van der Waals surface area contributed by atoms with Crippen molar-refractivity contribution in [3.63, 3.8) is 0 Å². The summed E-state index contributed by atoms with van der Waals surface area (Å²) in [6.45, 7) is 0. The fourth-order valence-corrected chi connectivity index (χ4v) is 0.385. The summed E-state index contributed by atoms with van der Waals surface area (Å²) >= 11 is 0. The van der Waals surface area contributed by atoms with E-state index in [0.29, 0.717) is 0 Å². The Balaban J connectivity index is -0.000000136. The molecule has 0 aliphatic rings. The van der Waals surface area contributed by atoms with Gasteiger partial charge >= 0.3 is 40.0 Å². The number of hydrogen-bond donors (Lipinski definition) is 2. The summed E-state index contributed by atoms with van der Waals surface area (Å²) in [5, 5.41) is 0. The van der Waals surface area contributed by atoms with Crippen LogP contribution in [0, 0.1) is 0 Å². The minimum absolute atomic E-state index is 0. The van der Waals surface area contributed by atoms with Gasteiger partial charge in [0.15, 0.2) is 0 Å². The molecule has 0 heterocycles. The summed E-state index contributed by atoms with van der Waals surface area (Å²) in [6, 6.07) is 12.0. The zero-order valence-electron chi connectivity index (χ0n) is 6.08. The molecule has 1 aromatic rings. The van der Waals surface area contributed by atoms with Gasteiger partial charge in [0.1, 0.15) is 0 Å². The Kier molecular flexibility index (Phi) is 15.4. The first-order valence-electron chi connectivity index (χ1n) is 2.70. The van der Waals surface area contributed by atoms with Crippen molar-refractivity contribution in [2.45, 2.75) is 0 Å². The third kappa shape index (κ3) is 32.7. The molecule has 0 spiro atoms. The molecule has 4 nitrogen and oxygen atoms in total. The van der Waals surface area contributed by atoms with Crippen molar-refractivity contribution in [2.75, 3.05) is 0 Å². The number of benzene rings is 1. The van der Waals surface area contributed by atoms with Gasteiger partial charge in [-0.2, -0.15) is 21.9 Å². The van der Waals surface area contributed by atoms with Gasteiger partial charge in [-0.3, -0.25) is 9.11 Å². The number of rotatable bonds is 0. The van der Waals surface area contributed by atoms with Crippen LogP contribution in [0.2, 0.25) is 0 Å². The molecular formula is C6H11NaO4S2. The molecule has 1 rings (SSSR count). The minimum atomic E-state index is -4.67. The van der Waals surface area contributed by atoms with Crippen molar-refractivity contribution < 1.29 is 17.5 Å². The molecule has 0 atom stereocenters. The largest absolute Gasteiger partial charge is 0.0623 e. The Morgan fingerprint density at radius 2 is 0.846 bits per heavy atom. The van der Waals surface area contributed by atoms with Crippen LogP contribution in [-0.2, 0) is 10.4 Å². The molecule has 0 aliphatic heterocycles. The van der Waals surface area contributed by atoms with Crippen LogP contribution in [0.3, 0.4) is 0 Å². The molecule has 1 aromatic carbocycles. The molecule has 0 bridgehead atoms.